The molecule has 0 N–H and O–H groups in total. The van der Waals surface area contributed by atoms with E-state index in [1.807, 2.05) is 0 Å². The highest BCUT2D eigenvalue weighted by Gasteiger charge is 2.10. The van der Waals surface area contributed by atoms with Crippen molar-refractivity contribution in [2.75, 3.05) is 0 Å². The fraction of sp³-hybridized carbons (Fsp3) is 1.00. The summed E-state index contributed by atoms with van der Waals surface area (Å²) in [6.45, 7) is 0. The van der Waals surface area contributed by atoms with Crippen LogP contribution in [0.2, 0.25) is 0 Å². The summed E-state index contributed by atoms with van der Waals surface area (Å²) in [5.41, 5.74) is 0. The Hall–Kier alpha value is -0.250. The predicted molar refractivity (Wildman–Crippen MR) is 16.2 cm³/mol. The van der Waals surface area contributed by atoms with Gasteiger partial charge in [0.05, 0.1) is 6.42 Å². The molecular formula is C3H4F3O. The van der Waals surface area contributed by atoms with Crippen molar-refractivity contribution in [3.63, 3.8) is 0 Å². The van der Waals surface area contributed by atoms with Crippen LogP contribution < -0.4 is 0 Å². The summed E-state index contributed by atoms with van der Waals surface area (Å²) in [6.07, 6.45) is -6.63. The van der Waals surface area contributed by atoms with E-state index in [1.165, 1.54) is 0 Å². The van der Waals surface area contributed by atoms with Gasteiger partial charge >= 0.3 is 0 Å². The van der Waals surface area contributed by atoms with E-state index in [4.69, 9.17) is 0 Å². The van der Waals surface area contributed by atoms with Crippen LogP contribution in [0.25, 0.3) is 0 Å². The second-order valence-electron chi connectivity index (χ2n) is 1.04. The standard InChI is InChI=1S/C3H4F3O/c4-2(5)1-3(6)7/h2-3H,1H2. The van der Waals surface area contributed by atoms with Gasteiger partial charge in [-0.15, -0.1) is 0 Å². The molecule has 1 radical (unpaired) electrons. The average molecular weight is 113 g/mol. The van der Waals surface area contributed by atoms with E-state index in [1.54, 1.807) is 0 Å². The van der Waals surface area contributed by atoms with E-state index < -0.39 is 19.2 Å². The molecule has 0 aliphatic heterocycles. The van der Waals surface area contributed by atoms with E-state index in [2.05, 4.69) is 0 Å². The summed E-state index contributed by atoms with van der Waals surface area (Å²) in [4.78, 5) is 0. The maximum atomic E-state index is 10.9. The molecule has 0 aliphatic rings. The first-order valence-electron chi connectivity index (χ1n) is 1.71. The topological polar surface area (TPSA) is 19.9 Å². The van der Waals surface area contributed by atoms with Gasteiger partial charge in [-0.25, -0.2) is 13.2 Å². The van der Waals surface area contributed by atoms with E-state index in [-0.39, 0.29) is 0 Å². The molecule has 1 nitrogen and oxygen atoms in total. The second-order valence-corrected chi connectivity index (χ2v) is 1.04. The van der Waals surface area contributed by atoms with Crippen LogP contribution in [0.5, 0.6) is 0 Å². The molecule has 1 atom stereocenters. The first kappa shape index (κ1) is 6.75. The lowest BCUT2D eigenvalue weighted by molar-refractivity contribution is -0.0618. The lowest BCUT2D eigenvalue weighted by Gasteiger charge is -1.93. The number of rotatable bonds is 2. The largest absolute Gasteiger partial charge is 0.243 e. The van der Waals surface area contributed by atoms with Crippen LogP contribution >= 0.6 is 0 Å². The molecule has 4 heteroatoms. The first-order valence-corrected chi connectivity index (χ1v) is 1.71. The van der Waals surface area contributed by atoms with Crippen LogP contribution in [0.3, 0.4) is 0 Å². The Labute approximate surface area is 38.8 Å². The molecule has 1 unspecified atom stereocenters. The van der Waals surface area contributed by atoms with Gasteiger partial charge in [0.1, 0.15) is 0 Å². The normalized spacial score (nSPS) is 15.0. The fourth-order valence-electron chi connectivity index (χ4n) is 0.140. The molecule has 0 saturated carbocycles. The van der Waals surface area contributed by atoms with Crippen molar-refractivity contribution in [1.29, 1.82) is 0 Å². The number of halogens is 3. The summed E-state index contributed by atoms with van der Waals surface area (Å²) >= 11 is 0. The van der Waals surface area contributed by atoms with Crippen LogP contribution in [-0.2, 0) is 5.11 Å². The molecule has 0 rings (SSSR count). The van der Waals surface area contributed by atoms with Gasteiger partial charge in [-0.2, -0.15) is 5.11 Å². The Balaban J connectivity index is 2.95. The molecule has 0 aromatic heterocycles. The van der Waals surface area contributed by atoms with E-state index in [0.717, 1.165) is 0 Å². The van der Waals surface area contributed by atoms with Crippen molar-refractivity contribution in [3.05, 3.63) is 0 Å². The monoisotopic (exact) mass is 113 g/mol. The van der Waals surface area contributed by atoms with Gasteiger partial charge in [0.2, 0.25) is 12.8 Å². The Morgan fingerprint density at radius 1 is 1.29 bits per heavy atom. The summed E-state index contributed by atoms with van der Waals surface area (Å²) in [5, 5.41) is 9.19. The molecule has 0 heterocycles. The zero-order valence-corrected chi connectivity index (χ0v) is 3.40. The Kier molecular flexibility index (Phi) is 2.75. The van der Waals surface area contributed by atoms with Crippen molar-refractivity contribution < 1.29 is 18.3 Å². The van der Waals surface area contributed by atoms with Crippen LogP contribution in [0.15, 0.2) is 0 Å². The highest BCUT2D eigenvalue weighted by Crippen LogP contribution is 2.03. The van der Waals surface area contributed by atoms with Crippen LogP contribution in [0, 0.1) is 0 Å². The Morgan fingerprint density at radius 3 is 1.71 bits per heavy atom. The van der Waals surface area contributed by atoms with Crippen molar-refractivity contribution in [1.82, 2.24) is 0 Å². The molecule has 0 aliphatic carbocycles. The third-order valence-electron chi connectivity index (χ3n) is 0.363. The summed E-state index contributed by atoms with van der Waals surface area (Å²) in [6, 6.07) is 0. The lowest BCUT2D eigenvalue weighted by Crippen LogP contribution is -2.01. The zero-order valence-electron chi connectivity index (χ0n) is 3.40. The van der Waals surface area contributed by atoms with Gasteiger partial charge < -0.3 is 0 Å². The number of hydrogen-bond donors (Lipinski definition) is 0. The van der Waals surface area contributed by atoms with E-state index >= 15 is 0 Å². The van der Waals surface area contributed by atoms with Crippen molar-refractivity contribution in [3.8, 4) is 0 Å². The molecule has 0 bridgehead atoms. The number of alkyl halides is 3. The molecule has 0 saturated heterocycles. The lowest BCUT2D eigenvalue weighted by atomic mass is 10.5. The van der Waals surface area contributed by atoms with Gasteiger partial charge in [-0.05, 0) is 0 Å². The van der Waals surface area contributed by atoms with Gasteiger partial charge in [0.15, 0.2) is 0 Å². The van der Waals surface area contributed by atoms with E-state index in [0.29, 0.717) is 0 Å². The van der Waals surface area contributed by atoms with Crippen LogP contribution in [0.1, 0.15) is 6.42 Å². The van der Waals surface area contributed by atoms with Crippen LogP contribution in [0.4, 0.5) is 13.2 Å². The first-order chi connectivity index (χ1) is 3.13. The van der Waals surface area contributed by atoms with Gasteiger partial charge in [-0.3, -0.25) is 0 Å². The Morgan fingerprint density at radius 2 is 1.71 bits per heavy atom. The number of hydrogen-bond acceptors (Lipinski definition) is 0. The summed E-state index contributed by atoms with van der Waals surface area (Å²) < 4.78 is 32.6. The highest BCUT2D eigenvalue weighted by molar-refractivity contribution is 4.39. The molecule has 0 amide bonds. The van der Waals surface area contributed by atoms with Gasteiger partial charge in [-0.1, -0.05) is 0 Å². The molecule has 7 heavy (non-hydrogen) atoms. The molecular weight excluding hydrogens is 109 g/mol. The highest BCUT2D eigenvalue weighted by atomic mass is 19.3. The SMILES string of the molecule is [O]C(F)CC(F)F. The quantitative estimate of drug-likeness (QED) is 0.515. The van der Waals surface area contributed by atoms with Crippen molar-refractivity contribution in [2.45, 2.75) is 19.2 Å². The summed E-state index contributed by atoms with van der Waals surface area (Å²) in [7, 11) is 0. The third kappa shape index (κ3) is 5.75. The smallest absolute Gasteiger partial charge is 0.213 e. The maximum Gasteiger partial charge on any atom is 0.243 e. The fourth-order valence-corrected chi connectivity index (χ4v) is 0.140. The maximum absolute atomic E-state index is 10.9. The van der Waals surface area contributed by atoms with Crippen molar-refractivity contribution in [2.24, 2.45) is 0 Å². The average Bonchev–Trinajstić information content (AvgIpc) is 1.27. The minimum absolute atomic E-state index is 1.19. The second kappa shape index (κ2) is 2.85. The van der Waals surface area contributed by atoms with Crippen LogP contribution in [-0.4, -0.2) is 12.8 Å². The minimum Gasteiger partial charge on any atom is -0.213 e. The van der Waals surface area contributed by atoms with E-state index in [9.17, 15) is 18.3 Å². The third-order valence-corrected chi connectivity index (χ3v) is 0.363. The van der Waals surface area contributed by atoms with Crippen molar-refractivity contribution >= 4 is 0 Å². The molecule has 0 spiro atoms. The van der Waals surface area contributed by atoms with Gasteiger partial charge in [0.25, 0.3) is 0 Å². The molecule has 0 fully saturated rings. The zero-order chi connectivity index (χ0) is 5.86. The minimum atomic E-state index is -2.81. The molecule has 43 valence electrons. The predicted octanol–water partition coefficient (Wildman–Crippen LogP) is 1.37. The Bertz CT molecular complexity index is 39.4. The van der Waals surface area contributed by atoms with Gasteiger partial charge in [0, 0.05) is 0 Å². The summed E-state index contributed by atoms with van der Waals surface area (Å²) in [5.74, 6) is 0. The molecule has 0 aromatic carbocycles. The molecule has 0 aromatic rings.